The third kappa shape index (κ3) is 1.47. The second-order valence-electron chi connectivity index (χ2n) is 4.81. The van der Waals surface area contributed by atoms with Crippen molar-refractivity contribution in [3.63, 3.8) is 0 Å². The lowest BCUT2D eigenvalue weighted by atomic mass is 9.74. The van der Waals surface area contributed by atoms with Gasteiger partial charge in [0.05, 0.1) is 5.41 Å². The third-order valence-corrected chi connectivity index (χ3v) is 3.58. The van der Waals surface area contributed by atoms with Gasteiger partial charge in [-0.2, -0.15) is 0 Å². The number of Topliss-reactive ketones (excluding diaryl/α,β-unsaturated/α-hetero) is 1. The summed E-state index contributed by atoms with van der Waals surface area (Å²) >= 11 is 0. The highest BCUT2D eigenvalue weighted by atomic mass is 16.7. The summed E-state index contributed by atoms with van der Waals surface area (Å²) in [6, 6.07) is 5.68. The predicted octanol–water partition coefficient (Wildman–Crippen LogP) is 2.76. The molecule has 0 spiro atoms. The normalized spacial score (nSPS) is 25.2. The van der Waals surface area contributed by atoms with Crippen molar-refractivity contribution in [1.29, 1.82) is 0 Å². The molecule has 0 amide bonds. The zero-order valence-electron chi connectivity index (χ0n) is 10.4. The molecule has 0 saturated heterocycles. The number of hydrogen-bond acceptors (Lipinski definition) is 3. The molecule has 1 aliphatic carbocycles. The second-order valence-corrected chi connectivity index (χ2v) is 4.81. The van der Waals surface area contributed by atoms with Gasteiger partial charge in [0.1, 0.15) is 0 Å². The number of ketones is 1. The van der Waals surface area contributed by atoms with E-state index >= 15 is 0 Å². The first-order valence-corrected chi connectivity index (χ1v) is 5.92. The molecule has 0 N–H and O–H groups in total. The molecule has 0 saturated carbocycles. The maximum Gasteiger partial charge on any atom is 0.231 e. The van der Waals surface area contributed by atoms with Gasteiger partial charge in [0.2, 0.25) is 6.79 Å². The molecule has 1 heterocycles. The van der Waals surface area contributed by atoms with Crippen LogP contribution in [0.2, 0.25) is 0 Å². The maximum atomic E-state index is 12.4. The topological polar surface area (TPSA) is 35.5 Å². The van der Waals surface area contributed by atoms with Crippen LogP contribution in [0.5, 0.6) is 11.5 Å². The zero-order valence-corrected chi connectivity index (χ0v) is 10.4. The molecule has 0 radical (unpaired) electrons. The number of allylic oxidation sites excluding steroid dienone is 4. The summed E-state index contributed by atoms with van der Waals surface area (Å²) in [4.78, 5) is 12.4. The summed E-state index contributed by atoms with van der Waals surface area (Å²) in [5.74, 6) is 1.58. The van der Waals surface area contributed by atoms with E-state index in [0.717, 1.165) is 16.9 Å². The minimum absolute atomic E-state index is 0.129. The molecule has 2 aliphatic rings. The molecule has 1 aromatic carbocycles. The van der Waals surface area contributed by atoms with Crippen LogP contribution in [0.1, 0.15) is 19.4 Å². The van der Waals surface area contributed by atoms with Crippen molar-refractivity contribution in [3.05, 3.63) is 47.6 Å². The van der Waals surface area contributed by atoms with Crippen LogP contribution in [-0.2, 0) is 10.2 Å². The molecule has 3 nitrogen and oxygen atoms in total. The van der Waals surface area contributed by atoms with Gasteiger partial charge in [0.25, 0.3) is 0 Å². The SMILES string of the molecule is CC1=CC=CC(C)(c2ccc3c(c2)OCO3)C1=O. The van der Waals surface area contributed by atoms with Crippen LogP contribution >= 0.6 is 0 Å². The fraction of sp³-hybridized carbons (Fsp3) is 0.267. The fourth-order valence-corrected chi connectivity index (χ4v) is 2.39. The molecule has 1 unspecified atom stereocenters. The van der Waals surface area contributed by atoms with Crippen LogP contribution in [0.4, 0.5) is 0 Å². The lowest BCUT2D eigenvalue weighted by molar-refractivity contribution is -0.118. The van der Waals surface area contributed by atoms with Gasteiger partial charge in [0, 0.05) is 0 Å². The minimum Gasteiger partial charge on any atom is -0.454 e. The largest absolute Gasteiger partial charge is 0.454 e. The van der Waals surface area contributed by atoms with Gasteiger partial charge in [-0.3, -0.25) is 4.79 Å². The Kier molecular flexibility index (Phi) is 2.30. The number of carbonyl (C=O) groups is 1. The van der Waals surface area contributed by atoms with Gasteiger partial charge in [-0.05, 0) is 37.1 Å². The van der Waals surface area contributed by atoms with E-state index < -0.39 is 5.41 Å². The van der Waals surface area contributed by atoms with Crippen molar-refractivity contribution in [3.8, 4) is 11.5 Å². The molecule has 1 atom stereocenters. The van der Waals surface area contributed by atoms with Crippen LogP contribution in [-0.4, -0.2) is 12.6 Å². The van der Waals surface area contributed by atoms with Crippen molar-refractivity contribution in [2.75, 3.05) is 6.79 Å². The van der Waals surface area contributed by atoms with Gasteiger partial charge in [-0.1, -0.05) is 24.3 Å². The molecule has 3 rings (SSSR count). The minimum atomic E-state index is -0.611. The Labute approximate surface area is 106 Å². The lowest BCUT2D eigenvalue weighted by Crippen LogP contribution is -2.32. The quantitative estimate of drug-likeness (QED) is 0.759. The van der Waals surface area contributed by atoms with E-state index in [-0.39, 0.29) is 12.6 Å². The summed E-state index contributed by atoms with van der Waals surface area (Å²) in [6.07, 6.45) is 5.71. The average Bonchev–Trinajstić information content (AvgIpc) is 2.83. The predicted molar refractivity (Wildman–Crippen MR) is 67.8 cm³/mol. The summed E-state index contributed by atoms with van der Waals surface area (Å²) < 4.78 is 10.6. The zero-order chi connectivity index (χ0) is 12.8. The van der Waals surface area contributed by atoms with E-state index in [0.29, 0.717) is 5.75 Å². The maximum absolute atomic E-state index is 12.4. The Morgan fingerprint density at radius 2 is 2.00 bits per heavy atom. The lowest BCUT2D eigenvalue weighted by Gasteiger charge is -2.27. The van der Waals surface area contributed by atoms with Gasteiger partial charge < -0.3 is 9.47 Å². The molecule has 1 aliphatic heterocycles. The average molecular weight is 242 g/mol. The molecule has 3 heteroatoms. The smallest absolute Gasteiger partial charge is 0.231 e. The van der Waals surface area contributed by atoms with E-state index in [1.165, 1.54) is 0 Å². The van der Waals surface area contributed by atoms with Gasteiger partial charge in [0.15, 0.2) is 17.3 Å². The number of carbonyl (C=O) groups excluding carboxylic acids is 1. The highest BCUT2D eigenvalue weighted by molar-refractivity contribution is 6.05. The van der Waals surface area contributed by atoms with Crippen molar-refractivity contribution >= 4 is 5.78 Å². The van der Waals surface area contributed by atoms with E-state index in [1.807, 2.05) is 50.3 Å². The fourth-order valence-electron chi connectivity index (χ4n) is 2.39. The molecule has 0 fully saturated rings. The third-order valence-electron chi connectivity index (χ3n) is 3.58. The summed E-state index contributed by atoms with van der Waals surface area (Å²) in [7, 11) is 0. The molecular formula is C15H14O3. The van der Waals surface area contributed by atoms with E-state index in [9.17, 15) is 4.79 Å². The van der Waals surface area contributed by atoms with E-state index in [4.69, 9.17) is 9.47 Å². The van der Waals surface area contributed by atoms with Crippen molar-refractivity contribution < 1.29 is 14.3 Å². The van der Waals surface area contributed by atoms with Crippen molar-refractivity contribution in [2.24, 2.45) is 0 Å². The van der Waals surface area contributed by atoms with E-state index in [1.54, 1.807) is 0 Å². The first kappa shape index (κ1) is 11.1. The number of benzene rings is 1. The van der Waals surface area contributed by atoms with Gasteiger partial charge in [-0.25, -0.2) is 0 Å². The molecule has 0 aromatic heterocycles. The highest BCUT2D eigenvalue weighted by Gasteiger charge is 2.35. The summed E-state index contributed by atoms with van der Waals surface area (Å²) in [5, 5.41) is 0. The molecular weight excluding hydrogens is 228 g/mol. The van der Waals surface area contributed by atoms with Gasteiger partial charge in [-0.15, -0.1) is 0 Å². The number of ether oxygens (including phenoxy) is 2. The Morgan fingerprint density at radius 3 is 2.83 bits per heavy atom. The van der Waals surface area contributed by atoms with Crippen LogP contribution in [0.15, 0.2) is 42.0 Å². The van der Waals surface area contributed by atoms with Crippen LogP contribution in [0.3, 0.4) is 0 Å². The first-order chi connectivity index (χ1) is 8.61. The number of fused-ring (bicyclic) bond motifs is 1. The Morgan fingerprint density at radius 1 is 1.22 bits per heavy atom. The Bertz CT molecular complexity index is 583. The van der Waals surface area contributed by atoms with Gasteiger partial charge >= 0.3 is 0 Å². The number of rotatable bonds is 1. The monoisotopic (exact) mass is 242 g/mol. The second kappa shape index (κ2) is 3.73. The number of hydrogen-bond donors (Lipinski definition) is 0. The van der Waals surface area contributed by atoms with E-state index in [2.05, 4.69) is 0 Å². The molecule has 18 heavy (non-hydrogen) atoms. The standard InChI is InChI=1S/C15H14O3/c1-10-4-3-7-15(2,14(10)16)11-5-6-12-13(8-11)18-9-17-12/h3-8H,9H2,1-2H3. The first-order valence-electron chi connectivity index (χ1n) is 5.92. The Balaban J connectivity index is 2.07. The highest BCUT2D eigenvalue weighted by Crippen LogP contribution is 2.39. The molecule has 0 bridgehead atoms. The molecule has 1 aromatic rings. The summed E-state index contributed by atoms with van der Waals surface area (Å²) in [5.41, 5.74) is 1.10. The van der Waals surface area contributed by atoms with Crippen LogP contribution in [0.25, 0.3) is 0 Å². The Hall–Kier alpha value is -2.03. The van der Waals surface area contributed by atoms with Crippen LogP contribution in [0, 0.1) is 0 Å². The summed E-state index contributed by atoms with van der Waals surface area (Å²) in [6.45, 7) is 4.02. The van der Waals surface area contributed by atoms with Crippen molar-refractivity contribution in [1.82, 2.24) is 0 Å². The van der Waals surface area contributed by atoms with Crippen molar-refractivity contribution in [2.45, 2.75) is 19.3 Å². The molecule has 92 valence electrons. The van der Waals surface area contributed by atoms with Crippen LogP contribution < -0.4 is 9.47 Å².